The summed E-state index contributed by atoms with van der Waals surface area (Å²) in [5, 5.41) is 0. The Bertz CT molecular complexity index is 388. The summed E-state index contributed by atoms with van der Waals surface area (Å²) in [6, 6.07) is 3.18. The molecule has 15 heavy (non-hydrogen) atoms. The SMILES string of the molecule is CCN(C(N)=O)c1ccc(N)c(C)c1C. The van der Waals surface area contributed by atoms with Crippen LogP contribution in [0.3, 0.4) is 0 Å². The molecular weight excluding hydrogens is 190 g/mol. The molecule has 1 rings (SSSR count). The Morgan fingerprint density at radius 1 is 1.33 bits per heavy atom. The van der Waals surface area contributed by atoms with Crippen LogP contribution in [0.25, 0.3) is 0 Å². The van der Waals surface area contributed by atoms with Gasteiger partial charge in [-0.15, -0.1) is 0 Å². The average Bonchev–Trinajstić information content (AvgIpc) is 2.18. The van der Waals surface area contributed by atoms with Crippen LogP contribution in [0.1, 0.15) is 18.1 Å². The molecule has 1 aromatic rings. The van der Waals surface area contributed by atoms with Crippen LogP contribution in [-0.4, -0.2) is 12.6 Å². The first-order chi connectivity index (χ1) is 6.99. The predicted molar refractivity (Wildman–Crippen MR) is 62.9 cm³/mol. The Kier molecular flexibility index (Phi) is 3.19. The van der Waals surface area contributed by atoms with E-state index in [4.69, 9.17) is 11.5 Å². The van der Waals surface area contributed by atoms with Gasteiger partial charge in [-0.3, -0.25) is 4.90 Å². The summed E-state index contributed by atoms with van der Waals surface area (Å²) in [4.78, 5) is 12.7. The van der Waals surface area contributed by atoms with Gasteiger partial charge in [0.2, 0.25) is 0 Å². The fraction of sp³-hybridized carbons (Fsp3) is 0.364. The number of nitrogen functional groups attached to an aromatic ring is 1. The van der Waals surface area contributed by atoms with Crippen molar-refractivity contribution in [1.82, 2.24) is 0 Å². The topological polar surface area (TPSA) is 72.3 Å². The van der Waals surface area contributed by atoms with Crippen molar-refractivity contribution in [2.45, 2.75) is 20.8 Å². The fourth-order valence-electron chi connectivity index (χ4n) is 1.56. The summed E-state index contributed by atoms with van der Waals surface area (Å²) >= 11 is 0. The van der Waals surface area contributed by atoms with E-state index in [-0.39, 0.29) is 0 Å². The molecule has 0 heterocycles. The van der Waals surface area contributed by atoms with Crippen LogP contribution in [0.2, 0.25) is 0 Å². The molecule has 4 N–H and O–H groups in total. The van der Waals surface area contributed by atoms with Gasteiger partial charge in [0.1, 0.15) is 0 Å². The summed E-state index contributed by atoms with van der Waals surface area (Å²) in [6.07, 6.45) is 0. The van der Waals surface area contributed by atoms with E-state index < -0.39 is 6.03 Å². The van der Waals surface area contributed by atoms with Gasteiger partial charge < -0.3 is 11.5 Å². The van der Waals surface area contributed by atoms with Gasteiger partial charge in [0, 0.05) is 17.9 Å². The second kappa shape index (κ2) is 4.21. The van der Waals surface area contributed by atoms with E-state index in [2.05, 4.69) is 0 Å². The van der Waals surface area contributed by atoms with Gasteiger partial charge in [-0.2, -0.15) is 0 Å². The summed E-state index contributed by atoms with van der Waals surface area (Å²) in [6.45, 7) is 6.31. The van der Waals surface area contributed by atoms with Crippen molar-refractivity contribution in [3.05, 3.63) is 23.3 Å². The zero-order valence-corrected chi connectivity index (χ0v) is 9.37. The lowest BCUT2D eigenvalue weighted by Crippen LogP contribution is -2.36. The third kappa shape index (κ3) is 2.03. The van der Waals surface area contributed by atoms with Gasteiger partial charge in [0.05, 0.1) is 0 Å². The molecular formula is C11H17N3O. The van der Waals surface area contributed by atoms with Crippen LogP contribution >= 0.6 is 0 Å². The van der Waals surface area contributed by atoms with Crippen molar-refractivity contribution in [3.63, 3.8) is 0 Å². The summed E-state index contributed by atoms with van der Waals surface area (Å²) in [7, 11) is 0. The molecule has 0 saturated carbocycles. The molecule has 0 saturated heterocycles. The van der Waals surface area contributed by atoms with Crippen molar-refractivity contribution >= 4 is 17.4 Å². The fourth-order valence-corrected chi connectivity index (χ4v) is 1.56. The number of carbonyl (C=O) groups excluding carboxylic acids is 1. The van der Waals surface area contributed by atoms with Crippen molar-refractivity contribution < 1.29 is 4.79 Å². The van der Waals surface area contributed by atoms with Crippen LogP contribution < -0.4 is 16.4 Å². The van der Waals surface area contributed by atoms with Gasteiger partial charge in [0.15, 0.2) is 0 Å². The van der Waals surface area contributed by atoms with E-state index in [1.807, 2.05) is 26.8 Å². The van der Waals surface area contributed by atoms with Gasteiger partial charge >= 0.3 is 6.03 Å². The number of carbonyl (C=O) groups is 1. The van der Waals surface area contributed by atoms with Gasteiger partial charge in [-0.1, -0.05) is 0 Å². The smallest absolute Gasteiger partial charge is 0.319 e. The van der Waals surface area contributed by atoms with Crippen molar-refractivity contribution in [3.8, 4) is 0 Å². The molecule has 0 aliphatic rings. The lowest BCUT2D eigenvalue weighted by Gasteiger charge is -2.22. The number of hydrogen-bond donors (Lipinski definition) is 2. The van der Waals surface area contributed by atoms with E-state index >= 15 is 0 Å². The van der Waals surface area contributed by atoms with Crippen molar-refractivity contribution in [2.75, 3.05) is 17.2 Å². The first-order valence-electron chi connectivity index (χ1n) is 4.91. The number of benzene rings is 1. The number of primary amides is 1. The third-order valence-corrected chi connectivity index (χ3v) is 2.67. The maximum Gasteiger partial charge on any atom is 0.319 e. The summed E-state index contributed by atoms with van der Waals surface area (Å²) in [5.74, 6) is 0. The van der Waals surface area contributed by atoms with E-state index in [1.165, 1.54) is 4.90 Å². The lowest BCUT2D eigenvalue weighted by molar-refractivity contribution is 0.254. The number of rotatable bonds is 2. The largest absolute Gasteiger partial charge is 0.399 e. The predicted octanol–water partition coefficient (Wildman–Crippen LogP) is 1.79. The van der Waals surface area contributed by atoms with Crippen LogP contribution in [0.5, 0.6) is 0 Å². The highest BCUT2D eigenvalue weighted by Crippen LogP contribution is 2.26. The molecule has 0 aromatic heterocycles. The van der Waals surface area contributed by atoms with Gasteiger partial charge in [-0.05, 0) is 44.0 Å². The maximum atomic E-state index is 11.2. The second-order valence-corrected chi connectivity index (χ2v) is 3.51. The molecule has 0 spiro atoms. The van der Waals surface area contributed by atoms with E-state index in [1.54, 1.807) is 6.07 Å². The normalized spacial score (nSPS) is 10.1. The molecule has 0 radical (unpaired) electrons. The number of amides is 2. The Hall–Kier alpha value is -1.71. The van der Waals surface area contributed by atoms with E-state index in [9.17, 15) is 4.79 Å². The molecule has 0 fully saturated rings. The van der Waals surface area contributed by atoms with Crippen LogP contribution in [-0.2, 0) is 0 Å². The number of hydrogen-bond acceptors (Lipinski definition) is 2. The average molecular weight is 207 g/mol. The minimum atomic E-state index is -0.440. The first kappa shape index (κ1) is 11.4. The monoisotopic (exact) mass is 207 g/mol. The quantitative estimate of drug-likeness (QED) is 0.726. The standard InChI is InChI=1S/C11H17N3O/c1-4-14(11(13)15)10-6-5-9(12)7(2)8(10)3/h5-6H,4,12H2,1-3H3,(H2,13,15). The highest BCUT2D eigenvalue weighted by molar-refractivity contribution is 5.92. The lowest BCUT2D eigenvalue weighted by atomic mass is 10.1. The Labute approximate surface area is 89.9 Å². The molecule has 4 nitrogen and oxygen atoms in total. The Morgan fingerprint density at radius 3 is 2.40 bits per heavy atom. The molecule has 2 amide bonds. The number of anilines is 2. The zero-order valence-electron chi connectivity index (χ0n) is 9.37. The Balaban J connectivity index is 3.25. The minimum Gasteiger partial charge on any atom is -0.399 e. The van der Waals surface area contributed by atoms with E-state index in [0.29, 0.717) is 6.54 Å². The van der Waals surface area contributed by atoms with Gasteiger partial charge in [0.25, 0.3) is 0 Å². The minimum absolute atomic E-state index is 0.440. The summed E-state index contributed by atoms with van der Waals surface area (Å²) < 4.78 is 0. The number of nitrogens with two attached hydrogens (primary N) is 2. The molecule has 0 atom stereocenters. The molecule has 0 aliphatic heterocycles. The highest BCUT2D eigenvalue weighted by atomic mass is 16.2. The zero-order chi connectivity index (χ0) is 11.6. The van der Waals surface area contributed by atoms with Crippen LogP contribution in [0, 0.1) is 13.8 Å². The number of nitrogens with zero attached hydrogens (tertiary/aromatic N) is 1. The molecule has 0 unspecified atom stereocenters. The molecule has 82 valence electrons. The molecule has 0 aliphatic carbocycles. The van der Waals surface area contributed by atoms with Crippen LogP contribution in [0.15, 0.2) is 12.1 Å². The third-order valence-electron chi connectivity index (χ3n) is 2.67. The first-order valence-corrected chi connectivity index (χ1v) is 4.91. The van der Waals surface area contributed by atoms with Gasteiger partial charge in [-0.25, -0.2) is 4.79 Å². The van der Waals surface area contributed by atoms with Crippen LogP contribution in [0.4, 0.5) is 16.2 Å². The number of urea groups is 1. The summed E-state index contributed by atoms with van der Waals surface area (Å²) in [5.41, 5.74) is 14.6. The molecule has 1 aromatic carbocycles. The van der Waals surface area contributed by atoms with Crippen molar-refractivity contribution in [2.24, 2.45) is 5.73 Å². The molecule has 0 bridgehead atoms. The highest BCUT2D eigenvalue weighted by Gasteiger charge is 2.14. The maximum absolute atomic E-state index is 11.2. The Morgan fingerprint density at radius 2 is 1.93 bits per heavy atom. The second-order valence-electron chi connectivity index (χ2n) is 3.51. The van der Waals surface area contributed by atoms with E-state index in [0.717, 1.165) is 22.5 Å². The van der Waals surface area contributed by atoms with Crippen molar-refractivity contribution in [1.29, 1.82) is 0 Å². The molecule has 4 heteroatoms.